The van der Waals surface area contributed by atoms with E-state index in [2.05, 4.69) is 4.90 Å². The van der Waals surface area contributed by atoms with E-state index < -0.39 is 0 Å². The predicted octanol–water partition coefficient (Wildman–Crippen LogP) is 3.47. The maximum absolute atomic E-state index is 13.2. The Kier molecular flexibility index (Phi) is 6.79. The smallest absolute Gasteiger partial charge is 0.263 e. The van der Waals surface area contributed by atoms with Crippen molar-refractivity contribution in [1.82, 2.24) is 14.7 Å². The van der Waals surface area contributed by atoms with E-state index in [1.165, 1.54) is 23.5 Å². The van der Waals surface area contributed by atoms with Crippen LogP contribution in [-0.2, 0) is 11.3 Å². The van der Waals surface area contributed by atoms with Crippen molar-refractivity contribution < 1.29 is 14.0 Å². The van der Waals surface area contributed by atoms with Crippen LogP contribution in [0.1, 0.15) is 34.5 Å². The van der Waals surface area contributed by atoms with Gasteiger partial charge >= 0.3 is 0 Å². The first-order valence-electron chi connectivity index (χ1n) is 10.7. The number of thiophene rings is 1. The van der Waals surface area contributed by atoms with Gasteiger partial charge in [-0.25, -0.2) is 4.39 Å². The Morgan fingerprint density at radius 1 is 0.967 bits per heavy atom. The van der Waals surface area contributed by atoms with E-state index in [-0.39, 0.29) is 23.5 Å². The molecule has 7 heteroatoms. The van der Waals surface area contributed by atoms with Crippen LogP contribution in [0.3, 0.4) is 0 Å². The minimum absolute atomic E-state index is 0.0452. The van der Waals surface area contributed by atoms with Crippen LogP contribution in [0, 0.1) is 11.7 Å². The maximum Gasteiger partial charge on any atom is 0.263 e. The summed E-state index contributed by atoms with van der Waals surface area (Å²) in [7, 11) is 0. The molecule has 0 aliphatic carbocycles. The molecule has 0 N–H and O–H groups in total. The molecule has 160 valence electrons. The van der Waals surface area contributed by atoms with Gasteiger partial charge in [-0.05, 0) is 48.4 Å². The van der Waals surface area contributed by atoms with Crippen LogP contribution in [0.4, 0.5) is 4.39 Å². The summed E-state index contributed by atoms with van der Waals surface area (Å²) in [6.45, 7) is 5.22. The fraction of sp³-hybridized carbons (Fsp3) is 0.478. The maximum atomic E-state index is 13.2. The minimum atomic E-state index is -0.217. The molecule has 4 rings (SSSR count). The number of piperidine rings is 1. The second-order valence-electron chi connectivity index (χ2n) is 8.15. The summed E-state index contributed by atoms with van der Waals surface area (Å²) in [5, 5.41) is 1.91. The molecule has 5 nitrogen and oxygen atoms in total. The zero-order chi connectivity index (χ0) is 20.9. The third kappa shape index (κ3) is 5.08. The molecule has 2 saturated heterocycles. The van der Waals surface area contributed by atoms with Crippen LogP contribution in [0.2, 0.25) is 0 Å². The molecule has 0 saturated carbocycles. The van der Waals surface area contributed by atoms with Crippen molar-refractivity contribution in [3.63, 3.8) is 0 Å². The van der Waals surface area contributed by atoms with Gasteiger partial charge in [0.25, 0.3) is 5.91 Å². The third-order valence-corrected chi connectivity index (χ3v) is 6.87. The average molecular weight is 430 g/mol. The second-order valence-corrected chi connectivity index (χ2v) is 9.10. The van der Waals surface area contributed by atoms with Gasteiger partial charge in [-0.1, -0.05) is 18.2 Å². The monoisotopic (exact) mass is 429 g/mol. The van der Waals surface area contributed by atoms with Crippen molar-refractivity contribution in [1.29, 1.82) is 0 Å². The normalized spacial score (nSPS) is 20.8. The molecule has 1 aromatic heterocycles. The number of carbonyl (C=O) groups excluding carboxylic acids is 2. The Bertz CT molecular complexity index is 856. The summed E-state index contributed by atoms with van der Waals surface area (Å²) >= 11 is 1.45. The SMILES string of the molecule is O=C(c1cccs1)N1CCCC(C(=O)N2CCCN(Cc3ccc(F)cc3)CC2)C1. The van der Waals surface area contributed by atoms with Crippen LogP contribution >= 0.6 is 11.3 Å². The molecule has 2 amide bonds. The topological polar surface area (TPSA) is 43.9 Å². The molecule has 2 aliphatic rings. The molecule has 0 spiro atoms. The summed E-state index contributed by atoms with van der Waals surface area (Å²) < 4.78 is 13.1. The van der Waals surface area contributed by atoms with Gasteiger partial charge in [0.1, 0.15) is 5.82 Å². The quantitative estimate of drug-likeness (QED) is 0.748. The third-order valence-electron chi connectivity index (χ3n) is 6.01. The fourth-order valence-corrected chi connectivity index (χ4v) is 5.07. The van der Waals surface area contributed by atoms with Crippen LogP contribution in [0.25, 0.3) is 0 Å². The molecule has 1 atom stereocenters. The fourth-order valence-electron chi connectivity index (χ4n) is 4.37. The summed E-state index contributed by atoms with van der Waals surface area (Å²) in [6, 6.07) is 10.4. The summed E-state index contributed by atoms with van der Waals surface area (Å²) in [5.74, 6) is -0.0945. The molecule has 2 aromatic rings. The Balaban J connectivity index is 1.32. The van der Waals surface area contributed by atoms with E-state index in [0.29, 0.717) is 13.1 Å². The number of benzene rings is 1. The summed E-state index contributed by atoms with van der Waals surface area (Å²) in [4.78, 5) is 32.8. The van der Waals surface area contributed by atoms with Gasteiger partial charge in [-0.3, -0.25) is 14.5 Å². The number of amides is 2. The molecular weight excluding hydrogens is 401 g/mol. The van der Waals surface area contributed by atoms with E-state index in [9.17, 15) is 14.0 Å². The van der Waals surface area contributed by atoms with Crippen molar-refractivity contribution in [3.05, 3.63) is 58.0 Å². The Morgan fingerprint density at radius 3 is 2.53 bits per heavy atom. The van der Waals surface area contributed by atoms with E-state index in [0.717, 1.165) is 62.4 Å². The van der Waals surface area contributed by atoms with Crippen LogP contribution in [0.5, 0.6) is 0 Å². The Labute approximate surface area is 181 Å². The number of nitrogens with zero attached hydrogens (tertiary/aromatic N) is 3. The number of hydrogen-bond acceptors (Lipinski definition) is 4. The largest absolute Gasteiger partial charge is 0.341 e. The van der Waals surface area contributed by atoms with Crippen LogP contribution < -0.4 is 0 Å². The zero-order valence-electron chi connectivity index (χ0n) is 17.1. The van der Waals surface area contributed by atoms with E-state index in [4.69, 9.17) is 0 Å². The van der Waals surface area contributed by atoms with E-state index in [1.807, 2.05) is 39.4 Å². The highest BCUT2D eigenvalue weighted by Crippen LogP contribution is 2.23. The van der Waals surface area contributed by atoms with Gasteiger partial charge in [-0.2, -0.15) is 0 Å². The molecule has 30 heavy (non-hydrogen) atoms. The van der Waals surface area contributed by atoms with Gasteiger partial charge in [0.05, 0.1) is 10.8 Å². The molecular formula is C23H28FN3O2S. The molecule has 2 aliphatic heterocycles. The lowest BCUT2D eigenvalue weighted by atomic mass is 9.96. The van der Waals surface area contributed by atoms with Crippen molar-refractivity contribution in [3.8, 4) is 0 Å². The summed E-state index contributed by atoms with van der Waals surface area (Å²) in [5.41, 5.74) is 1.09. The highest BCUT2D eigenvalue weighted by Gasteiger charge is 2.32. The number of carbonyl (C=O) groups is 2. The lowest BCUT2D eigenvalue weighted by Gasteiger charge is -2.34. The minimum Gasteiger partial charge on any atom is -0.341 e. The second kappa shape index (κ2) is 9.71. The standard InChI is InChI=1S/C23H28FN3O2S/c24-20-8-6-18(7-9-20)16-25-10-3-12-26(14-13-25)22(28)19-4-1-11-27(17-19)23(29)21-5-2-15-30-21/h2,5-9,15,19H,1,3-4,10-14,16-17H2. The predicted molar refractivity (Wildman–Crippen MR) is 116 cm³/mol. The molecule has 1 unspecified atom stereocenters. The average Bonchev–Trinajstić information content (AvgIpc) is 3.21. The van der Waals surface area contributed by atoms with Crippen molar-refractivity contribution in [2.24, 2.45) is 5.92 Å². The van der Waals surface area contributed by atoms with Gasteiger partial charge in [0.15, 0.2) is 0 Å². The highest BCUT2D eigenvalue weighted by molar-refractivity contribution is 7.12. The number of hydrogen-bond donors (Lipinski definition) is 0. The van der Waals surface area contributed by atoms with E-state index >= 15 is 0 Å². The Morgan fingerprint density at radius 2 is 1.77 bits per heavy atom. The molecule has 0 bridgehead atoms. The molecule has 0 radical (unpaired) electrons. The first-order valence-corrected chi connectivity index (χ1v) is 11.6. The van der Waals surface area contributed by atoms with Crippen LogP contribution in [-0.4, -0.2) is 65.8 Å². The first-order chi connectivity index (χ1) is 14.6. The van der Waals surface area contributed by atoms with E-state index in [1.54, 1.807) is 0 Å². The Hall–Kier alpha value is -2.25. The zero-order valence-corrected chi connectivity index (χ0v) is 18.0. The van der Waals surface area contributed by atoms with Gasteiger partial charge in [0, 0.05) is 45.8 Å². The van der Waals surface area contributed by atoms with Crippen molar-refractivity contribution >= 4 is 23.2 Å². The first kappa shape index (κ1) is 21.0. The number of likely N-dealkylation sites (tertiary alicyclic amines) is 1. The molecule has 2 fully saturated rings. The van der Waals surface area contributed by atoms with Crippen molar-refractivity contribution in [2.45, 2.75) is 25.8 Å². The summed E-state index contributed by atoms with van der Waals surface area (Å²) in [6.07, 6.45) is 2.65. The van der Waals surface area contributed by atoms with Crippen molar-refractivity contribution in [2.75, 3.05) is 39.3 Å². The van der Waals surface area contributed by atoms with Gasteiger partial charge < -0.3 is 9.80 Å². The molecule has 1 aromatic carbocycles. The number of halogens is 1. The highest BCUT2D eigenvalue weighted by atomic mass is 32.1. The van der Waals surface area contributed by atoms with Gasteiger partial charge in [-0.15, -0.1) is 11.3 Å². The lowest BCUT2D eigenvalue weighted by Crippen LogP contribution is -2.47. The molecule has 3 heterocycles. The number of rotatable bonds is 4. The van der Waals surface area contributed by atoms with Gasteiger partial charge in [0.2, 0.25) is 5.91 Å². The lowest BCUT2D eigenvalue weighted by molar-refractivity contribution is -0.136. The van der Waals surface area contributed by atoms with Crippen LogP contribution in [0.15, 0.2) is 41.8 Å².